The number of amides is 2. The van der Waals surface area contributed by atoms with E-state index in [1.54, 1.807) is 66.3 Å². The number of benzene rings is 2. The Morgan fingerprint density at radius 3 is 2.43 bits per heavy atom. The summed E-state index contributed by atoms with van der Waals surface area (Å²) < 4.78 is 71.7. The van der Waals surface area contributed by atoms with Crippen LogP contribution in [0, 0.1) is 11.3 Å². The lowest BCUT2D eigenvalue weighted by atomic mass is 9.92. The molecule has 2 amide bonds. The van der Waals surface area contributed by atoms with Gasteiger partial charge in [-0.3, -0.25) is 23.9 Å². The van der Waals surface area contributed by atoms with Crippen LogP contribution >= 0.6 is 11.6 Å². The first-order chi connectivity index (χ1) is 33.7. The number of fused-ring (bicyclic) bond motifs is 2. The van der Waals surface area contributed by atoms with E-state index in [4.69, 9.17) is 26.7 Å². The van der Waals surface area contributed by atoms with Gasteiger partial charge < -0.3 is 24.8 Å². The number of carbonyl (C=O) groups is 2. The number of alkyl halides is 4. The number of nitriles is 1. The zero-order chi connectivity index (χ0) is 48.8. The molecule has 5 aliphatic rings. The van der Waals surface area contributed by atoms with Gasteiger partial charge in [0.2, 0.25) is 5.91 Å². The van der Waals surface area contributed by atoms with Gasteiger partial charge in [-0.2, -0.15) is 15.5 Å². The summed E-state index contributed by atoms with van der Waals surface area (Å²) in [6.07, 6.45) is 6.86. The minimum atomic E-state index is -3.05. The van der Waals surface area contributed by atoms with Crippen LogP contribution < -0.4 is 19.9 Å². The monoisotopic (exact) mass is 982 g/mol. The van der Waals surface area contributed by atoms with E-state index in [2.05, 4.69) is 20.6 Å². The van der Waals surface area contributed by atoms with Gasteiger partial charge >= 0.3 is 0 Å². The number of halogens is 5. The molecule has 1 unspecified atom stereocenters. The van der Waals surface area contributed by atoms with Crippen molar-refractivity contribution in [3.05, 3.63) is 93.5 Å². The molecular weight excluding hydrogens is 928 g/mol. The fourth-order valence-electron chi connectivity index (χ4n) is 11.1. The Balaban J connectivity index is 0.768. The van der Waals surface area contributed by atoms with Gasteiger partial charge in [0.05, 0.1) is 48.1 Å². The maximum atomic E-state index is 16.2. The summed E-state index contributed by atoms with van der Waals surface area (Å²) in [7, 11) is 1.76. The smallest absolute Gasteiger partial charge is 0.280 e. The molecule has 15 nitrogen and oxygen atoms in total. The zero-order valence-corrected chi connectivity index (χ0v) is 39.9. The third kappa shape index (κ3) is 9.51. The maximum absolute atomic E-state index is 16.2. The highest BCUT2D eigenvalue weighted by molar-refractivity contribution is 6.31. The Bertz CT molecular complexity index is 2800. The van der Waals surface area contributed by atoms with Crippen molar-refractivity contribution >= 4 is 40.7 Å². The molecule has 20 heteroatoms. The molecule has 10 rings (SSSR count). The lowest BCUT2D eigenvalue weighted by Crippen LogP contribution is -2.60. The second kappa shape index (κ2) is 19.5. The Morgan fingerprint density at radius 2 is 1.76 bits per heavy atom. The van der Waals surface area contributed by atoms with E-state index < -0.39 is 24.9 Å². The molecule has 5 aromatic rings. The normalized spacial score (nSPS) is 21.8. The van der Waals surface area contributed by atoms with Crippen molar-refractivity contribution < 1.29 is 31.9 Å². The Labute approximate surface area is 408 Å². The van der Waals surface area contributed by atoms with Crippen molar-refractivity contribution in [3.63, 3.8) is 0 Å². The molecule has 3 aromatic heterocycles. The number of anilines is 3. The first-order valence-electron chi connectivity index (χ1n) is 24.2. The van der Waals surface area contributed by atoms with E-state index in [1.807, 2.05) is 26.6 Å². The van der Waals surface area contributed by atoms with Crippen LogP contribution in [0.4, 0.5) is 34.9 Å². The highest BCUT2D eigenvalue weighted by atomic mass is 35.5. The van der Waals surface area contributed by atoms with Gasteiger partial charge in [0.25, 0.3) is 18.3 Å². The number of nitrogens with zero attached hydrogens (tertiary/aromatic N) is 11. The first kappa shape index (κ1) is 47.4. The molecule has 1 aliphatic carbocycles. The second-order valence-corrected chi connectivity index (χ2v) is 19.7. The third-order valence-corrected chi connectivity index (χ3v) is 15.1. The summed E-state index contributed by atoms with van der Waals surface area (Å²) in [6, 6.07) is 12.4. The zero-order valence-electron chi connectivity index (χ0n) is 39.1. The topological polar surface area (TPSA) is 154 Å². The lowest BCUT2D eigenvalue weighted by Gasteiger charge is -2.46. The van der Waals surface area contributed by atoms with Crippen LogP contribution in [-0.4, -0.2) is 115 Å². The molecule has 368 valence electrons. The van der Waals surface area contributed by atoms with Crippen molar-refractivity contribution in [2.75, 3.05) is 49.1 Å². The number of piperidine rings is 2. The summed E-state index contributed by atoms with van der Waals surface area (Å²) >= 11 is 6.16. The van der Waals surface area contributed by atoms with Gasteiger partial charge in [0, 0.05) is 99.5 Å². The van der Waals surface area contributed by atoms with Gasteiger partial charge in [-0.15, -0.1) is 10.2 Å². The fraction of sp³-hybridized carbons (Fsp3) is 0.500. The standard InChI is InChI=1S/C50H55ClF4N12O3/c1-30(68)64-20-15-43-40(28-64)48(66-17-3-4-31-22-38(33-26-57-62(2)27-33)39(47(52)53)24-44(31)66)61-67(43)35-13-18-63(19-14-35)45-16-21-65(29-50(45,54)55)46-12-11-42(59-60-46)49(69)58-34-6-9-36(10-7-34)70-37-8-5-32(25-56)41(51)23-37/h5,8,11-12,22-24,26-27,34-36,45,47H,3-4,6-7,9-10,13-21,28-29H2,1-2H3,(H,58,69). The van der Waals surface area contributed by atoms with Crippen molar-refractivity contribution in [2.45, 2.75) is 114 Å². The van der Waals surface area contributed by atoms with Crippen LogP contribution in [0.2, 0.25) is 5.02 Å². The van der Waals surface area contributed by atoms with E-state index in [0.717, 1.165) is 23.2 Å². The highest BCUT2D eigenvalue weighted by Crippen LogP contribution is 2.44. The SMILES string of the molecule is CC(=O)N1CCc2c(c(N3CCCc4cc(-c5cnn(C)c5)c(C(F)F)cc43)nn2C2CCN(C3CCN(c4ccc(C(=O)NC5CCC(Oc6ccc(C#N)c(Cl)c6)CC5)nn4)CC3(F)F)CC2)C1. The molecule has 0 bridgehead atoms. The molecule has 1 N–H and O–H groups in total. The largest absolute Gasteiger partial charge is 0.490 e. The molecule has 3 fully saturated rings. The van der Waals surface area contributed by atoms with Crippen LogP contribution in [-0.2, 0) is 31.2 Å². The van der Waals surface area contributed by atoms with E-state index in [0.29, 0.717) is 130 Å². The van der Waals surface area contributed by atoms with E-state index >= 15 is 8.78 Å². The van der Waals surface area contributed by atoms with Gasteiger partial charge in [0.15, 0.2) is 17.3 Å². The van der Waals surface area contributed by atoms with Crippen LogP contribution in [0.25, 0.3) is 11.1 Å². The molecule has 1 atom stereocenters. The predicted octanol–water partition coefficient (Wildman–Crippen LogP) is 8.20. The Kier molecular flexibility index (Phi) is 13.2. The van der Waals surface area contributed by atoms with Gasteiger partial charge in [-0.05, 0) is 105 Å². The number of hydrogen-bond acceptors (Lipinski definition) is 11. The van der Waals surface area contributed by atoms with Crippen LogP contribution in [0.5, 0.6) is 5.75 Å². The van der Waals surface area contributed by atoms with Crippen molar-refractivity contribution in [3.8, 4) is 22.9 Å². The lowest BCUT2D eigenvalue weighted by molar-refractivity contribution is -0.129. The van der Waals surface area contributed by atoms with E-state index in [9.17, 15) is 18.4 Å². The van der Waals surface area contributed by atoms with Gasteiger partial charge in [0.1, 0.15) is 11.8 Å². The molecular formula is C50H55ClF4N12O3. The number of hydrogen-bond donors (Lipinski definition) is 1. The number of rotatable bonds is 10. The number of likely N-dealkylation sites (tertiary alicyclic amines) is 1. The molecule has 1 saturated carbocycles. The van der Waals surface area contributed by atoms with Crippen LogP contribution in [0.1, 0.15) is 109 Å². The number of nitrogens with one attached hydrogen (secondary N) is 1. The summed E-state index contributed by atoms with van der Waals surface area (Å²) in [6.45, 7) is 3.69. The molecule has 70 heavy (non-hydrogen) atoms. The van der Waals surface area contributed by atoms with E-state index in [-0.39, 0.29) is 53.5 Å². The molecule has 7 heterocycles. The highest BCUT2D eigenvalue weighted by Gasteiger charge is 2.49. The second-order valence-electron chi connectivity index (χ2n) is 19.3. The fourth-order valence-corrected chi connectivity index (χ4v) is 11.4. The number of ether oxygens (including phenoxy) is 1. The first-order valence-corrected chi connectivity index (χ1v) is 24.6. The van der Waals surface area contributed by atoms with Crippen molar-refractivity contribution in [2.24, 2.45) is 7.05 Å². The molecule has 2 saturated heterocycles. The van der Waals surface area contributed by atoms with Crippen LogP contribution in [0.3, 0.4) is 0 Å². The van der Waals surface area contributed by atoms with Gasteiger partial charge in [-0.25, -0.2) is 17.6 Å². The minimum absolute atomic E-state index is 0.0530. The minimum Gasteiger partial charge on any atom is -0.490 e. The Hall–Kier alpha value is -6.26. The van der Waals surface area contributed by atoms with Crippen LogP contribution in [0.15, 0.2) is 54.9 Å². The molecule has 4 aliphatic heterocycles. The molecule has 0 radical (unpaired) electrons. The number of carbonyl (C=O) groups excluding carboxylic acids is 2. The summed E-state index contributed by atoms with van der Waals surface area (Å²) in [5, 5.41) is 30.3. The maximum Gasteiger partial charge on any atom is 0.280 e. The summed E-state index contributed by atoms with van der Waals surface area (Å²) in [4.78, 5) is 33.1. The molecule has 2 aromatic carbocycles. The third-order valence-electron chi connectivity index (χ3n) is 14.8. The average Bonchev–Trinajstić information content (AvgIpc) is 3.97. The predicted molar refractivity (Wildman–Crippen MR) is 254 cm³/mol. The summed E-state index contributed by atoms with van der Waals surface area (Å²) in [5.41, 5.74) is 5.02. The quantitative estimate of drug-likeness (QED) is 0.135. The average molecular weight is 984 g/mol. The van der Waals surface area contributed by atoms with Crippen molar-refractivity contribution in [1.82, 2.24) is 44.9 Å². The van der Waals surface area contributed by atoms with Gasteiger partial charge in [-0.1, -0.05) is 11.6 Å². The number of aromatic nitrogens is 6. The van der Waals surface area contributed by atoms with Crippen molar-refractivity contribution in [1.29, 1.82) is 5.26 Å². The Morgan fingerprint density at radius 1 is 0.957 bits per heavy atom. The van der Waals surface area contributed by atoms with E-state index in [1.165, 1.54) is 11.0 Å². The summed E-state index contributed by atoms with van der Waals surface area (Å²) in [5.74, 6) is -1.95. The molecule has 0 spiro atoms. The number of aryl methyl sites for hydroxylation is 2.